The van der Waals surface area contributed by atoms with Crippen molar-refractivity contribution in [2.45, 2.75) is 20.8 Å². The molecule has 0 fully saturated rings. The summed E-state index contributed by atoms with van der Waals surface area (Å²) in [7, 11) is 1.84. The number of carbonyl (C=O) groups is 1. The topological polar surface area (TPSA) is 54.3 Å². The van der Waals surface area contributed by atoms with E-state index in [-0.39, 0.29) is 18.3 Å². The molecule has 0 unspecified atom stereocenters. The van der Waals surface area contributed by atoms with E-state index in [1.165, 1.54) is 0 Å². The highest BCUT2D eigenvalue weighted by atomic mass is 35.5. The second-order valence-electron chi connectivity index (χ2n) is 6.28. The summed E-state index contributed by atoms with van der Waals surface area (Å²) in [4.78, 5) is 22.0. The molecule has 0 spiro atoms. The van der Waals surface area contributed by atoms with Crippen LogP contribution in [-0.4, -0.2) is 51.8 Å². The second-order valence-corrected chi connectivity index (χ2v) is 7.29. The number of likely N-dealkylation sites (N-methyl/N-ethyl adjacent to an activating group) is 1. The molecule has 2 heterocycles. The summed E-state index contributed by atoms with van der Waals surface area (Å²) in [6.45, 7) is 9.51. The van der Waals surface area contributed by atoms with Crippen LogP contribution in [0.15, 0.2) is 30.5 Å². The molecule has 0 aliphatic carbocycles. The molecule has 3 aromatic rings. The molecule has 0 aliphatic rings. The summed E-state index contributed by atoms with van der Waals surface area (Å²) in [6.07, 6.45) is 1.87. The molecule has 146 valence electrons. The number of fused-ring (bicyclic) bond motifs is 1. The first-order valence-corrected chi connectivity index (χ1v) is 9.75. The number of halogens is 1. The van der Waals surface area contributed by atoms with Gasteiger partial charge in [0.2, 0.25) is 0 Å². The van der Waals surface area contributed by atoms with Crippen molar-refractivity contribution < 1.29 is 4.79 Å². The van der Waals surface area contributed by atoms with Gasteiger partial charge >= 0.3 is 0 Å². The Bertz CT molecular complexity index is 870. The third kappa shape index (κ3) is 4.66. The number of hydrogen-bond acceptors (Lipinski definition) is 5. The van der Waals surface area contributed by atoms with Crippen LogP contribution in [0.1, 0.15) is 29.9 Å². The average molecular weight is 408 g/mol. The Morgan fingerprint density at radius 2 is 1.89 bits per heavy atom. The number of hydrogen-bond donors (Lipinski definition) is 0. The molecule has 6 nitrogen and oxygen atoms in total. The molecule has 0 N–H and O–H groups in total. The van der Waals surface area contributed by atoms with Gasteiger partial charge in [0.25, 0.3) is 5.91 Å². The minimum Gasteiger partial charge on any atom is -0.302 e. The van der Waals surface area contributed by atoms with Gasteiger partial charge in [-0.25, -0.2) is 4.98 Å². The average Bonchev–Trinajstić information content (AvgIpc) is 3.20. The van der Waals surface area contributed by atoms with Crippen LogP contribution in [0.5, 0.6) is 0 Å². The molecule has 0 bridgehead atoms. The first kappa shape index (κ1) is 21.3. The van der Waals surface area contributed by atoms with Crippen LogP contribution in [0, 0.1) is 6.92 Å². The lowest BCUT2D eigenvalue weighted by atomic mass is 10.2. The molecule has 0 aliphatic heterocycles. The first-order valence-electron chi connectivity index (χ1n) is 8.93. The van der Waals surface area contributed by atoms with Gasteiger partial charge in [-0.05, 0) is 32.1 Å². The smallest absolute Gasteiger partial charge is 0.280 e. The zero-order valence-electron chi connectivity index (χ0n) is 16.2. The number of aryl methyl sites for hydroxylation is 2. The maximum atomic E-state index is 13.2. The highest BCUT2D eigenvalue weighted by Crippen LogP contribution is 2.29. The van der Waals surface area contributed by atoms with Crippen molar-refractivity contribution in [3.63, 3.8) is 0 Å². The van der Waals surface area contributed by atoms with E-state index in [2.05, 4.69) is 23.8 Å². The van der Waals surface area contributed by atoms with Crippen molar-refractivity contribution in [1.29, 1.82) is 0 Å². The third-order valence-corrected chi connectivity index (χ3v) is 5.57. The molecule has 1 amide bonds. The van der Waals surface area contributed by atoms with Gasteiger partial charge in [-0.2, -0.15) is 5.10 Å². The molecule has 0 saturated carbocycles. The SMILES string of the molecule is CCN(CC)CCN(C(=O)c1nn(C)cc1C)c1nc2ccccc2s1.Cl. The van der Waals surface area contributed by atoms with Crippen molar-refractivity contribution in [2.75, 3.05) is 31.1 Å². The lowest BCUT2D eigenvalue weighted by Crippen LogP contribution is -2.39. The fourth-order valence-electron chi connectivity index (χ4n) is 2.99. The number of aromatic nitrogens is 3. The van der Waals surface area contributed by atoms with Crippen molar-refractivity contribution in [2.24, 2.45) is 7.05 Å². The van der Waals surface area contributed by atoms with Gasteiger partial charge in [-0.1, -0.05) is 37.3 Å². The second kappa shape index (κ2) is 9.30. The van der Waals surface area contributed by atoms with Crippen molar-refractivity contribution in [3.8, 4) is 0 Å². The summed E-state index contributed by atoms with van der Waals surface area (Å²) in [5.41, 5.74) is 2.30. The standard InChI is InChI=1S/C19H25N5OS.ClH/c1-5-23(6-2)11-12-24(18(25)17-14(3)13-22(4)21-17)19-20-15-9-7-8-10-16(15)26-19;/h7-10,13H,5-6,11-12H2,1-4H3;1H. The van der Waals surface area contributed by atoms with Crippen molar-refractivity contribution >= 4 is 45.0 Å². The summed E-state index contributed by atoms with van der Waals surface area (Å²) < 4.78 is 2.77. The Morgan fingerprint density at radius 3 is 2.48 bits per heavy atom. The Labute approximate surface area is 170 Å². The van der Waals surface area contributed by atoms with E-state index in [0.29, 0.717) is 12.2 Å². The summed E-state index contributed by atoms with van der Waals surface area (Å²) in [5.74, 6) is -0.0886. The van der Waals surface area contributed by atoms with Crippen LogP contribution in [-0.2, 0) is 7.05 Å². The van der Waals surface area contributed by atoms with Crippen molar-refractivity contribution in [3.05, 3.63) is 41.7 Å². The third-order valence-electron chi connectivity index (χ3n) is 4.51. The van der Waals surface area contributed by atoms with E-state index in [0.717, 1.165) is 40.5 Å². The molecule has 3 rings (SSSR count). The summed E-state index contributed by atoms with van der Waals surface area (Å²) in [6, 6.07) is 7.98. The van der Waals surface area contributed by atoms with Gasteiger partial charge in [0.1, 0.15) is 0 Å². The van der Waals surface area contributed by atoms with E-state index in [4.69, 9.17) is 4.98 Å². The minimum absolute atomic E-state index is 0. The van der Waals surface area contributed by atoms with Crippen LogP contribution in [0.4, 0.5) is 5.13 Å². The van der Waals surface area contributed by atoms with Gasteiger partial charge in [0, 0.05) is 31.9 Å². The van der Waals surface area contributed by atoms with Gasteiger partial charge in [-0.3, -0.25) is 14.4 Å². The van der Waals surface area contributed by atoms with Crippen LogP contribution in [0.25, 0.3) is 10.2 Å². The maximum absolute atomic E-state index is 13.2. The summed E-state index contributed by atoms with van der Waals surface area (Å²) >= 11 is 1.55. The van der Waals surface area contributed by atoms with E-state index in [1.807, 2.05) is 44.4 Å². The zero-order chi connectivity index (χ0) is 18.7. The molecule has 27 heavy (non-hydrogen) atoms. The predicted octanol–water partition coefficient (Wildman–Crippen LogP) is 3.75. The van der Waals surface area contributed by atoms with Gasteiger partial charge in [0.15, 0.2) is 10.8 Å². The lowest BCUT2D eigenvalue weighted by Gasteiger charge is -2.24. The highest BCUT2D eigenvalue weighted by molar-refractivity contribution is 7.22. The van der Waals surface area contributed by atoms with Crippen LogP contribution in [0.2, 0.25) is 0 Å². The Kier molecular flexibility index (Phi) is 7.35. The molecule has 1 aromatic carbocycles. The van der Waals surface area contributed by atoms with Gasteiger partial charge in [-0.15, -0.1) is 12.4 Å². The molecular weight excluding hydrogens is 382 g/mol. The van der Waals surface area contributed by atoms with Crippen molar-refractivity contribution in [1.82, 2.24) is 19.7 Å². The molecule has 2 aromatic heterocycles. The number of thiazole rings is 1. The number of nitrogens with zero attached hydrogens (tertiary/aromatic N) is 5. The number of rotatable bonds is 7. The van der Waals surface area contributed by atoms with Gasteiger partial charge in [0.05, 0.1) is 10.2 Å². The fraction of sp³-hybridized carbons (Fsp3) is 0.421. The zero-order valence-corrected chi connectivity index (χ0v) is 17.8. The largest absolute Gasteiger partial charge is 0.302 e. The minimum atomic E-state index is -0.0886. The molecular formula is C19H26ClN5OS. The first-order chi connectivity index (χ1) is 12.5. The lowest BCUT2D eigenvalue weighted by molar-refractivity contribution is 0.0977. The molecule has 0 atom stereocenters. The van der Waals surface area contributed by atoms with E-state index < -0.39 is 0 Å². The number of benzene rings is 1. The quantitative estimate of drug-likeness (QED) is 0.598. The van der Waals surface area contributed by atoms with E-state index >= 15 is 0 Å². The summed E-state index contributed by atoms with van der Waals surface area (Å²) in [5, 5.41) is 5.10. The predicted molar refractivity (Wildman–Crippen MR) is 114 cm³/mol. The number of carbonyl (C=O) groups excluding carboxylic acids is 1. The van der Waals surface area contributed by atoms with E-state index in [1.54, 1.807) is 20.9 Å². The fourth-order valence-corrected chi connectivity index (χ4v) is 3.98. The highest BCUT2D eigenvalue weighted by Gasteiger charge is 2.25. The van der Waals surface area contributed by atoms with Gasteiger partial charge < -0.3 is 4.90 Å². The van der Waals surface area contributed by atoms with Crippen LogP contribution >= 0.6 is 23.7 Å². The Morgan fingerprint density at radius 1 is 1.19 bits per heavy atom. The molecule has 0 radical (unpaired) electrons. The molecule has 0 saturated heterocycles. The Hall–Kier alpha value is -1.96. The van der Waals surface area contributed by atoms with E-state index in [9.17, 15) is 4.79 Å². The molecule has 8 heteroatoms. The monoisotopic (exact) mass is 407 g/mol. The number of para-hydroxylation sites is 1. The number of amides is 1. The van der Waals surface area contributed by atoms with Crippen LogP contribution in [0.3, 0.4) is 0 Å². The van der Waals surface area contributed by atoms with Crippen LogP contribution < -0.4 is 4.90 Å². The number of anilines is 1. The Balaban J connectivity index is 0.00000261. The normalized spacial score (nSPS) is 11.0. The maximum Gasteiger partial charge on any atom is 0.280 e.